The van der Waals surface area contributed by atoms with Crippen molar-refractivity contribution >= 4 is 17.8 Å². The molecule has 0 unspecified atom stereocenters. The molecule has 0 aliphatic heterocycles. The third-order valence-corrected chi connectivity index (χ3v) is 2.54. The normalized spacial score (nSPS) is 11.2. The van der Waals surface area contributed by atoms with Crippen LogP contribution in [0.1, 0.15) is 11.5 Å². The molecule has 0 fully saturated rings. The van der Waals surface area contributed by atoms with Gasteiger partial charge in [0.15, 0.2) is 5.76 Å². The number of nitrogen functional groups attached to an aromatic ring is 1. The van der Waals surface area contributed by atoms with E-state index >= 15 is 0 Å². The highest BCUT2D eigenvalue weighted by atomic mass is 16.5. The van der Waals surface area contributed by atoms with Gasteiger partial charge in [0.1, 0.15) is 0 Å². The number of hydrogen-bond donors (Lipinski definition) is 1. The molecule has 94 valence electrons. The van der Waals surface area contributed by atoms with Gasteiger partial charge in [-0.25, -0.2) is 0 Å². The summed E-state index contributed by atoms with van der Waals surface area (Å²) < 4.78 is 10.3. The number of rotatable bonds is 3. The second kappa shape index (κ2) is 4.81. The van der Waals surface area contributed by atoms with E-state index in [1.807, 2.05) is 30.3 Å². The number of aromatic nitrogens is 2. The minimum atomic E-state index is 0.420. The minimum Gasteiger partial charge on any atom is -0.461 e. The van der Waals surface area contributed by atoms with E-state index in [1.165, 1.54) is 0 Å². The van der Waals surface area contributed by atoms with Crippen LogP contribution in [0.3, 0.4) is 0 Å². The molecule has 0 radical (unpaired) electrons. The van der Waals surface area contributed by atoms with Crippen LogP contribution in [0.15, 0.2) is 51.6 Å². The molecule has 1 aromatic carbocycles. The largest absolute Gasteiger partial charge is 0.461 e. The molecular weight excluding hydrogens is 242 g/mol. The summed E-state index contributed by atoms with van der Waals surface area (Å²) in [7, 11) is 0. The smallest absolute Gasteiger partial charge is 0.251 e. The van der Waals surface area contributed by atoms with Gasteiger partial charge in [-0.1, -0.05) is 17.3 Å². The molecule has 2 heterocycles. The van der Waals surface area contributed by atoms with Gasteiger partial charge in [-0.3, -0.25) is 0 Å². The van der Waals surface area contributed by atoms with Gasteiger partial charge in [-0.2, -0.15) is 4.98 Å². The molecule has 0 saturated carbocycles. The average Bonchev–Trinajstić information content (AvgIpc) is 3.09. The van der Waals surface area contributed by atoms with Crippen LogP contribution in [0.5, 0.6) is 0 Å². The Hall–Kier alpha value is -2.82. The van der Waals surface area contributed by atoms with Crippen molar-refractivity contribution in [1.82, 2.24) is 10.1 Å². The number of hydrogen-bond acceptors (Lipinski definition) is 5. The maximum absolute atomic E-state index is 5.62. The van der Waals surface area contributed by atoms with Gasteiger partial charge in [0.25, 0.3) is 5.89 Å². The highest BCUT2D eigenvalue weighted by Crippen LogP contribution is 2.17. The molecule has 2 N–H and O–H groups in total. The van der Waals surface area contributed by atoms with Crippen LogP contribution < -0.4 is 5.73 Å². The number of nitrogens with zero attached hydrogens (tertiary/aromatic N) is 2. The number of anilines is 1. The topological polar surface area (TPSA) is 78.1 Å². The zero-order chi connectivity index (χ0) is 13.1. The standard InChI is InChI=1S/C14H11N3O2/c15-11-6-3-10(4-7-11)5-8-13-16-14(17-19-13)12-2-1-9-18-12/h1-9H,15H2/b8-5+. The monoisotopic (exact) mass is 253 g/mol. The van der Waals surface area contributed by atoms with E-state index in [2.05, 4.69) is 10.1 Å². The van der Waals surface area contributed by atoms with Gasteiger partial charge < -0.3 is 14.7 Å². The molecule has 5 nitrogen and oxygen atoms in total. The Kier molecular flexibility index (Phi) is 2.86. The van der Waals surface area contributed by atoms with Gasteiger partial charge in [0.05, 0.1) is 6.26 Å². The average molecular weight is 253 g/mol. The van der Waals surface area contributed by atoms with Gasteiger partial charge in [0.2, 0.25) is 5.82 Å². The fraction of sp³-hybridized carbons (Fsp3) is 0. The lowest BCUT2D eigenvalue weighted by molar-refractivity contribution is 0.409. The van der Waals surface area contributed by atoms with Gasteiger partial charge >= 0.3 is 0 Å². The summed E-state index contributed by atoms with van der Waals surface area (Å²) in [6.45, 7) is 0. The second-order valence-corrected chi connectivity index (χ2v) is 3.93. The van der Waals surface area contributed by atoms with Gasteiger partial charge in [-0.05, 0) is 35.9 Å². The Bertz CT molecular complexity index is 682. The summed E-state index contributed by atoms with van der Waals surface area (Å²) in [5, 5.41) is 3.83. The van der Waals surface area contributed by atoms with Crippen molar-refractivity contribution in [3.63, 3.8) is 0 Å². The zero-order valence-electron chi connectivity index (χ0n) is 9.98. The summed E-state index contributed by atoms with van der Waals surface area (Å²) in [6.07, 6.45) is 5.18. The third-order valence-electron chi connectivity index (χ3n) is 2.54. The van der Waals surface area contributed by atoms with Gasteiger partial charge in [0, 0.05) is 11.8 Å². The maximum atomic E-state index is 5.62. The molecule has 0 amide bonds. The van der Waals surface area contributed by atoms with E-state index in [0.29, 0.717) is 17.5 Å². The summed E-state index contributed by atoms with van der Waals surface area (Å²) in [5.41, 5.74) is 7.35. The second-order valence-electron chi connectivity index (χ2n) is 3.93. The molecule has 2 aromatic heterocycles. The lowest BCUT2D eigenvalue weighted by Gasteiger charge is -1.93. The summed E-state index contributed by atoms with van der Waals surface area (Å²) in [4.78, 5) is 4.20. The Morgan fingerprint density at radius 3 is 2.63 bits per heavy atom. The van der Waals surface area contributed by atoms with Crippen LogP contribution >= 0.6 is 0 Å². The first-order valence-electron chi connectivity index (χ1n) is 5.72. The fourth-order valence-electron chi connectivity index (χ4n) is 1.58. The molecule has 0 aliphatic rings. The Morgan fingerprint density at radius 2 is 1.89 bits per heavy atom. The first-order chi connectivity index (χ1) is 9.31. The van der Waals surface area contributed by atoms with Crippen molar-refractivity contribution in [1.29, 1.82) is 0 Å². The number of furan rings is 1. The Balaban J connectivity index is 1.78. The molecule has 3 aromatic rings. The Labute approximate surface area is 109 Å². The van der Waals surface area contributed by atoms with E-state index in [0.717, 1.165) is 11.3 Å². The first kappa shape index (κ1) is 11.3. The van der Waals surface area contributed by atoms with Crippen LogP contribution in [-0.2, 0) is 0 Å². The Morgan fingerprint density at radius 1 is 1.05 bits per heavy atom. The first-order valence-corrected chi connectivity index (χ1v) is 5.72. The van der Waals surface area contributed by atoms with Crippen LogP contribution in [0.4, 0.5) is 5.69 Å². The zero-order valence-corrected chi connectivity index (χ0v) is 9.98. The molecule has 0 saturated heterocycles. The lowest BCUT2D eigenvalue weighted by Crippen LogP contribution is -1.82. The van der Waals surface area contributed by atoms with E-state index < -0.39 is 0 Å². The van der Waals surface area contributed by atoms with E-state index in [9.17, 15) is 0 Å². The predicted octanol–water partition coefficient (Wildman–Crippen LogP) is 3.08. The van der Waals surface area contributed by atoms with Crippen molar-refractivity contribution < 1.29 is 8.94 Å². The summed E-state index contributed by atoms with van der Waals surface area (Å²) >= 11 is 0. The fourth-order valence-corrected chi connectivity index (χ4v) is 1.58. The number of nitrogens with two attached hydrogens (primary N) is 1. The molecule has 0 aliphatic carbocycles. The lowest BCUT2D eigenvalue weighted by atomic mass is 10.2. The summed E-state index contributed by atoms with van der Waals surface area (Å²) in [6, 6.07) is 11.0. The van der Waals surface area contributed by atoms with Crippen LogP contribution in [0, 0.1) is 0 Å². The highest BCUT2D eigenvalue weighted by molar-refractivity contribution is 5.67. The molecule has 0 bridgehead atoms. The van der Waals surface area contributed by atoms with E-state index in [4.69, 9.17) is 14.7 Å². The summed E-state index contributed by atoms with van der Waals surface area (Å²) in [5.74, 6) is 1.43. The molecule has 19 heavy (non-hydrogen) atoms. The maximum Gasteiger partial charge on any atom is 0.251 e. The third kappa shape index (κ3) is 2.55. The van der Waals surface area contributed by atoms with Crippen molar-refractivity contribution in [2.24, 2.45) is 0 Å². The highest BCUT2D eigenvalue weighted by Gasteiger charge is 2.08. The molecule has 0 spiro atoms. The van der Waals surface area contributed by atoms with Gasteiger partial charge in [-0.15, -0.1) is 0 Å². The van der Waals surface area contributed by atoms with Crippen molar-refractivity contribution in [3.05, 3.63) is 54.1 Å². The van der Waals surface area contributed by atoms with E-state index in [-0.39, 0.29) is 0 Å². The van der Waals surface area contributed by atoms with Crippen molar-refractivity contribution in [2.45, 2.75) is 0 Å². The predicted molar refractivity (Wildman–Crippen MR) is 71.8 cm³/mol. The molecule has 3 rings (SSSR count). The molecule has 0 atom stereocenters. The number of benzene rings is 1. The minimum absolute atomic E-state index is 0.420. The SMILES string of the molecule is Nc1ccc(/C=C/c2nc(-c3ccco3)no2)cc1. The molecule has 5 heteroatoms. The van der Waals surface area contributed by atoms with Crippen molar-refractivity contribution in [3.8, 4) is 11.6 Å². The van der Waals surface area contributed by atoms with Crippen LogP contribution in [0.2, 0.25) is 0 Å². The van der Waals surface area contributed by atoms with Crippen LogP contribution in [-0.4, -0.2) is 10.1 Å². The van der Waals surface area contributed by atoms with E-state index in [1.54, 1.807) is 24.5 Å². The quantitative estimate of drug-likeness (QED) is 0.725. The van der Waals surface area contributed by atoms with Crippen LogP contribution in [0.25, 0.3) is 23.7 Å². The molecular formula is C14H11N3O2. The van der Waals surface area contributed by atoms with Crippen molar-refractivity contribution in [2.75, 3.05) is 5.73 Å².